The molecular formula is C10H14ClN3OS. The molecule has 0 aliphatic heterocycles. The van der Waals surface area contributed by atoms with Gasteiger partial charge in [-0.2, -0.15) is 0 Å². The number of carbonyl (C=O) groups is 1. The summed E-state index contributed by atoms with van der Waals surface area (Å²) in [5.41, 5.74) is 2.15. The molecule has 0 aliphatic rings. The highest BCUT2D eigenvalue weighted by Crippen LogP contribution is 2.26. The molecule has 88 valence electrons. The lowest BCUT2D eigenvalue weighted by Crippen LogP contribution is -2.38. The second-order valence-corrected chi connectivity index (χ2v) is 5.27. The third-order valence-corrected chi connectivity index (χ3v) is 3.75. The SMILES string of the molecule is CC(Sc1ccc(Cl)cn1)C(C)C(=O)NN. The highest BCUT2D eigenvalue weighted by atomic mass is 35.5. The van der Waals surface area contributed by atoms with Crippen LogP contribution in [0.2, 0.25) is 5.02 Å². The smallest absolute Gasteiger partial charge is 0.237 e. The Bertz CT molecular complexity index is 358. The molecule has 0 aromatic carbocycles. The lowest BCUT2D eigenvalue weighted by Gasteiger charge is -2.17. The van der Waals surface area contributed by atoms with Gasteiger partial charge in [0.25, 0.3) is 0 Å². The molecule has 4 nitrogen and oxygen atoms in total. The van der Waals surface area contributed by atoms with Gasteiger partial charge in [0.15, 0.2) is 0 Å². The Balaban J connectivity index is 2.60. The number of hydrogen-bond donors (Lipinski definition) is 2. The van der Waals surface area contributed by atoms with E-state index in [4.69, 9.17) is 17.4 Å². The van der Waals surface area contributed by atoms with Crippen molar-refractivity contribution in [2.45, 2.75) is 24.1 Å². The Morgan fingerprint density at radius 1 is 1.56 bits per heavy atom. The van der Waals surface area contributed by atoms with E-state index in [1.807, 2.05) is 19.9 Å². The first kappa shape index (κ1) is 13.3. The van der Waals surface area contributed by atoms with Crippen molar-refractivity contribution in [1.29, 1.82) is 0 Å². The van der Waals surface area contributed by atoms with Gasteiger partial charge >= 0.3 is 0 Å². The second-order valence-electron chi connectivity index (χ2n) is 3.43. The number of amides is 1. The molecule has 0 bridgehead atoms. The Kier molecular flexibility index (Phi) is 5.05. The summed E-state index contributed by atoms with van der Waals surface area (Å²) < 4.78 is 0. The Hall–Kier alpha value is -0.780. The zero-order chi connectivity index (χ0) is 12.1. The van der Waals surface area contributed by atoms with E-state index in [1.54, 1.807) is 12.3 Å². The van der Waals surface area contributed by atoms with Crippen LogP contribution in [0.25, 0.3) is 0 Å². The van der Waals surface area contributed by atoms with E-state index < -0.39 is 0 Å². The lowest BCUT2D eigenvalue weighted by molar-refractivity contribution is -0.124. The summed E-state index contributed by atoms with van der Waals surface area (Å²) in [6.07, 6.45) is 1.59. The van der Waals surface area contributed by atoms with Gasteiger partial charge in [-0.1, -0.05) is 25.4 Å². The molecule has 0 saturated heterocycles. The van der Waals surface area contributed by atoms with Gasteiger partial charge in [0, 0.05) is 17.4 Å². The number of hydrazine groups is 1. The fraction of sp³-hybridized carbons (Fsp3) is 0.400. The number of nitrogens with zero attached hydrogens (tertiary/aromatic N) is 1. The Morgan fingerprint density at radius 3 is 2.75 bits per heavy atom. The highest BCUT2D eigenvalue weighted by Gasteiger charge is 2.20. The third-order valence-electron chi connectivity index (χ3n) is 2.27. The molecule has 6 heteroatoms. The minimum absolute atomic E-state index is 0.0947. The maximum atomic E-state index is 11.3. The van der Waals surface area contributed by atoms with Crippen LogP contribution in [0.3, 0.4) is 0 Å². The topological polar surface area (TPSA) is 68.0 Å². The molecule has 0 saturated carbocycles. The molecule has 1 aromatic rings. The van der Waals surface area contributed by atoms with Crippen molar-refractivity contribution in [2.75, 3.05) is 0 Å². The van der Waals surface area contributed by atoms with Crippen LogP contribution in [0.5, 0.6) is 0 Å². The Morgan fingerprint density at radius 2 is 2.25 bits per heavy atom. The number of rotatable bonds is 4. The molecule has 2 atom stereocenters. The molecule has 1 heterocycles. The maximum Gasteiger partial charge on any atom is 0.237 e. The van der Waals surface area contributed by atoms with E-state index in [9.17, 15) is 4.79 Å². The van der Waals surface area contributed by atoms with Crippen LogP contribution in [0.1, 0.15) is 13.8 Å². The molecule has 2 unspecified atom stereocenters. The number of aromatic nitrogens is 1. The zero-order valence-corrected chi connectivity index (χ0v) is 10.7. The Labute approximate surface area is 104 Å². The number of halogens is 1. The molecule has 1 rings (SSSR count). The van der Waals surface area contributed by atoms with Crippen molar-refractivity contribution in [2.24, 2.45) is 11.8 Å². The van der Waals surface area contributed by atoms with Crippen molar-refractivity contribution in [3.63, 3.8) is 0 Å². The van der Waals surface area contributed by atoms with Crippen LogP contribution >= 0.6 is 23.4 Å². The van der Waals surface area contributed by atoms with Gasteiger partial charge in [0.1, 0.15) is 0 Å². The minimum atomic E-state index is -0.174. The molecule has 0 aliphatic carbocycles. The fourth-order valence-corrected chi connectivity index (χ4v) is 2.15. The quantitative estimate of drug-likeness (QED) is 0.375. The molecule has 1 aromatic heterocycles. The van der Waals surface area contributed by atoms with E-state index in [0.29, 0.717) is 5.02 Å². The molecule has 16 heavy (non-hydrogen) atoms. The van der Waals surface area contributed by atoms with Crippen LogP contribution in [0.15, 0.2) is 23.4 Å². The first-order chi connectivity index (χ1) is 7.54. The minimum Gasteiger partial charge on any atom is -0.294 e. The first-order valence-corrected chi connectivity index (χ1v) is 6.09. The summed E-state index contributed by atoms with van der Waals surface area (Å²) in [6, 6.07) is 3.61. The van der Waals surface area contributed by atoms with Crippen molar-refractivity contribution in [1.82, 2.24) is 10.4 Å². The highest BCUT2D eigenvalue weighted by molar-refractivity contribution is 7.99. The van der Waals surface area contributed by atoms with Gasteiger partial charge < -0.3 is 0 Å². The summed E-state index contributed by atoms with van der Waals surface area (Å²) in [5.74, 6) is 4.74. The summed E-state index contributed by atoms with van der Waals surface area (Å²) in [6.45, 7) is 3.79. The van der Waals surface area contributed by atoms with Gasteiger partial charge in [-0.05, 0) is 12.1 Å². The number of thioether (sulfide) groups is 1. The molecule has 3 N–H and O–H groups in total. The number of carbonyl (C=O) groups excluding carboxylic acids is 1. The van der Waals surface area contributed by atoms with Crippen LogP contribution in [0, 0.1) is 5.92 Å². The molecular weight excluding hydrogens is 246 g/mol. The molecule has 0 fully saturated rings. The van der Waals surface area contributed by atoms with Crippen molar-refractivity contribution >= 4 is 29.3 Å². The lowest BCUT2D eigenvalue weighted by atomic mass is 10.1. The average molecular weight is 260 g/mol. The number of hydrogen-bond acceptors (Lipinski definition) is 4. The fourth-order valence-electron chi connectivity index (χ4n) is 1.07. The summed E-state index contributed by atoms with van der Waals surface area (Å²) in [7, 11) is 0. The van der Waals surface area contributed by atoms with E-state index in [2.05, 4.69) is 10.4 Å². The van der Waals surface area contributed by atoms with Gasteiger partial charge in [-0.15, -0.1) is 11.8 Å². The van der Waals surface area contributed by atoms with Gasteiger partial charge in [0.2, 0.25) is 5.91 Å². The van der Waals surface area contributed by atoms with Crippen LogP contribution < -0.4 is 11.3 Å². The van der Waals surface area contributed by atoms with Crippen LogP contribution in [-0.4, -0.2) is 16.1 Å². The summed E-state index contributed by atoms with van der Waals surface area (Å²) in [5, 5.41) is 1.54. The van der Waals surface area contributed by atoms with Gasteiger partial charge in [0.05, 0.1) is 10.0 Å². The monoisotopic (exact) mass is 259 g/mol. The van der Waals surface area contributed by atoms with Crippen LogP contribution in [0.4, 0.5) is 0 Å². The predicted molar refractivity (Wildman–Crippen MR) is 66.1 cm³/mol. The van der Waals surface area contributed by atoms with Crippen molar-refractivity contribution < 1.29 is 4.79 Å². The summed E-state index contributed by atoms with van der Waals surface area (Å²) >= 11 is 7.25. The average Bonchev–Trinajstić information content (AvgIpc) is 2.30. The second kappa shape index (κ2) is 6.08. The third kappa shape index (κ3) is 3.66. The number of nitrogens with two attached hydrogens (primary N) is 1. The summed E-state index contributed by atoms with van der Waals surface area (Å²) in [4.78, 5) is 15.5. The largest absolute Gasteiger partial charge is 0.294 e. The first-order valence-electron chi connectivity index (χ1n) is 4.83. The number of nitrogens with one attached hydrogen (secondary N) is 1. The standard InChI is InChI=1S/C10H14ClN3OS/c1-6(10(15)14-12)7(2)16-9-4-3-8(11)5-13-9/h3-7H,12H2,1-2H3,(H,14,15). The zero-order valence-electron chi connectivity index (χ0n) is 9.11. The molecule has 0 spiro atoms. The van der Waals surface area contributed by atoms with Crippen LogP contribution in [-0.2, 0) is 4.79 Å². The van der Waals surface area contributed by atoms with Crippen molar-refractivity contribution in [3.05, 3.63) is 23.4 Å². The number of pyridine rings is 1. The maximum absolute atomic E-state index is 11.3. The predicted octanol–water partition coefficient (Wildman–Crippen LogP) is 1.84. The van der Waals surface area contributed by atoms with E-state index in [1.165, 1.54) is 11.8 Å². The van der Waals surface area contributed by atoms with E-state index >= 15 is 0 Å². The van der Waals surface area contributed by atoms with E-state index in [0.717, 1.165) is 5.03 Å². The normalized spacial score (nSPS) is 14.2. The molecule has 0 radical (unpaired) electrons. The van der Waals surface area contributed by atoms with Gasteiger partial charge in [-0.3, -0.25) is 10.2 Å². The van der Waals surface area contributed by atoms with Gasteiger partial charge in [-0.25, -0.2) is 10.8 Å². The van der Waals surface area contributed by atoms with Crippen molar-refractivity contribution in [3.8, 4) is 0 Å². The van der Waals surface area contributed by atoms with E-state index in [-0.39, 0.29) is 17.1 Å². The molecule has 1 amide bonds.